The third-order valence-electron chi connectivity index (χ3n) is 6.73. The lowest BCUT2D eigenvalue weighted by Crippen LogP contribution is -2.49. The van der Waals surface area contributed by atoms with Crippen molar-refractivity contribution in [1.29, 1.82) is 0 Å². The SMILES string of the molecule is Cc1ccc(Cl)cc1N(CCCC(=O)N(Cc1ccc(Cl)cc1)C(C)C(=O)NC1CCCC1)S(C)(=O)=O. The summed E-state index contributed by atoms with van der Waals surface area (Å²) in [5.41, 5.74) is 2.11. The molecule has 2 amide bonds. The molecule has 2 aromatic rings. The molecule has 0 saturated heterocycles. The van der Waals surface area contributed by atoms with Gasteiger partial charge in [-0.05, 0) is 68.5 Å². The van der Waals surface area contributed by atoms with Crippen molar-refractivity contribution in [3.63, 3.8) is 0 Å². The summed E-state index contributed by atoms with van der Waals surface area (Å²) in [4.78, 5) is 28.0. The van der Waals surface area contributed by atoms with Crippen LogP contribution in [0.5, 0.6) is 0 Å². The van der Waals surface area contributed by atoms with Crippen LogP contribution in [0.1, 0.15) is 56.6 Å². The average molecular weight is 569 g/mol. The smallest absolute Gasteiger partial charge is 0.242 e. The lowest BCUT2D eigenvalue weighted by molar-refractivity contribution is -0.141. The van der Waals surface area contributed by atoms with Gasteiger partial charge in [0.15, 0.2) is 0 Å². The molecule has 0 radical (unpaired) electrons. The van der Waals surface area contributed by atoms with Crippen LogP contribution >= 0.6 is 23.2 Å². The first-order valence-electron chi connectivity index (χ1n) is 12.5. The number of hydrogen-bond donors (Lipinski definition) is 1. The van der Waals surface area contributed by atoms with Crippen molar-refractivity contribution in [2.24, 2.45) is 0 Å². The second-order valence-electron chi connectivity index (χ2n) is 9.68. The number of nitrogens with one attached hydrogen (secondary N) is 1. The van der Waals surface area contributed by atoms with E-state index in [1.54, 1.807) is 42.2 Å². The molecule has 1 saturated carbocycles. The summed E-state index contributed by atoms with van der Waals surface area (Å²) in [5.74, 6) is -0.401. The van der Waals surface area contributed by atoms with Gasteiger partial charge in [0.05, 0.1) is 11.9 Å². The number of carbonyl (C=O) groups is 2. The zero-order valence-corrected chi connectivity index (χ0v) is 23.9. The number of nitrogens with zero attached hydrogens (tertiary/aromatic N) is 2. The average Bonchev–Trinajstić information content (AvgIpc) is 3.35. The molecule has 1 unspecified atom stereocenters. The van der Waals surface area contributed by atoms with Gasteiger partial charge in [0.1, 0.15) is 6.04 Å². The monoisotopic (exact) mass is 567 g/mol. The summed E-state index contributed by atoms with van der Waals surface area (Å²) in [6.45, 7) is 3.91. The number of rotatable bonds is 11. The molecule has 0 spiro atoms. The number of carbonyl (C=O) groups excluding carboxylic acids is 2. The van der Waals surface area contributed by atoms with Crippen LogP contribution in [0.4, 0.5) is 5.69 Å². The summed E-state index contributed by atoms with van der Waals surface area (Å²) >= 11 is 12.1. The van der Waals surface area contributed by atoms with Gasteiger partial charge in [-0.2, -0.15) is 0 Å². The Labute approximate surface area is 230 Å². The molecule has 7 nitrogen and oxygen atoms in total. The molecule has 0 heterocycles. The van der Waals surface area contributed by atoms with Crippen molar-refractivity contribution in [1.82, 2.24) is 10.2 Å². The van der Waals surface area contributed by atoms with E-state index < -0.39 is 16.1 Å². The number of benzene rings is 2. The van der Waals surface area contributed by atoms with Crippen LogP contribution in [0, 0.1) is 6.92 Å². The molecule has 0 aliphatic heterocycles. The molecule has 37 heavy (non-hydrogen) atoms. The van der Waals surface area contributed by atoms with E-state index >= 15 is 0 Å². The van der Waals surface area contributed by atoms with Gasteiger partial charge in [-0.15, -0.1) is 0 Å². The standard InChI is InChI=1S/C27H35Cl2N3O4S/c1-19-10-13-23(29)17-25(19)32(37(3,35)36)16-6-9-26(33)31(18-21-11-14-22(28)15-12-21)20(2)27(34)30-24-7-4-5-8-24/h10-15,17,20,24H,4-9,16,18H2,1-3H3,(H,30,34). The highest BCUT2D eigenvalue weighted by Gasteiger charge is 2.29. The fourth-order valence-electron chi connectivity index (χ4n) is 4.59. The van der Waals surface area contributed by atoms with Crippen molar-refractivity contribution in [3.05, 3.63) is 63.6 Å². The minimum Gasteiger partial charge on any atom is -0.352 e. The van der Waals surface area contributed by atoms with Crippen molar-refractivity contribution in [2.45, 2.75) is 71.0 Å². The van der Waals surface area contributed by atoms with E-state index in [1.807, 2.05) is 19.1 Å². The largest absolute Gasteiger partial charge is 0.352 e. The predicted molar refractivity (Wildman–Crippen MR) is 149 cm³/mol. The highest BCUT2D eigenvalue weighted by atomic mass is 35.5. The van der Waals surface area contributed by atoms with Gasteiger partial charge in [0.2, 0.25) is 21.8 Å². The number of hydrogen-bond acceptors (Lipinski definition) is 4. The van der Waals surface area contributed by atoms with Crippen LogP contribution in [-0.2, 0) is 26.2 Å². The minimum atomic E-state index is -3.60. The molecule has 0 bridgehead atoms. The maximum Gasteiger partial charge on any atom is 0.242 e. The maximum absolute atomic E-state index is 13.4. The number of anilines is 1. The van der Waals surface area contributed by atoms with Gasteiger partial charge in [0.25, 0.3) is 0 Å². The van der Waals surface area contributed by atoms with E-state index in [2.05, 4.69) is 5.32 Å². The van der Waals surface area contributed by atoms with Crippen LogP contribution < -0.4 is 9.62 Å². The van der Waals surface area contributed by atoms with Gasteiger partial charge >= 0.3 is 0 Å². The van der Waals surface area contributed by atoms with Gasteiger partial charge in [-0.25, -0.2) is 8.42 Å². The summed E-state index contributed by atoms with van der Waals surface area (Å²) in [5, 5.41) is 4.10. The Morgan fingerprint density at radius 3 is 2.30 bits per heavy atom. The topological polar surface area (TPSA) is 86.8 Å². The van der Waals surface area contributed by atoms with Crippen LogP contribution in [0.2, 0.25) is 10.0 Å². The molecular formula is C27H35Cl2N3O4S. The number of halogens is 2. The van der Waals surface area contributed by atoms with Crippen molar-refractivity contribution in [2.75, 3.05) is 17.1 Å². The van der Waals surface area contributed by atoms with E-state index in [9.17, 15) is 18.0 Å². The Morgan fingerprint density at radius 1 is 1.05 bits per heavy atom. The third-order valence-corrected chi connectivity index (χ3v) is 8.39. The molecular weight excluding hydrogens is 533 g/mol. The normalized spacial score (nSPS) is 14.8. The summed E-state index contributed by atoms with van der Waals surface area (Å²) in [7, 11) is -3.60. The quantitative estimate of drug-likeness (QED) is 0.398. The maximum atomic E-state index is 13.4. The van der Waals surface area contributed by atoms with Crippen LogP contribution in [0.15, 0.2) is 42.5 Å². The van der Waals surface area contributed by atoms with Gasteiger partial charge < -0.3 is 10.2 Å². The molecule has 1 aliphatic carbocycles. The Morgan fingerprint density at radius 2 is 1.68 bits per heavy atom. The third kappa shape index (κ3) is 8.35. The zero-order chi connectivity index (χ0) is 27.2. The van der Waals surface area contributed by atoms with E-state index in [-0.39, 0.29) is 43.8 Å². The fourth-order valence-corrected chi connectivity index (χ4v) is 5.90. The van der Waals surface area contributed by atoms with Crippen LogP contribution in [-0.4, -0.2) is 50.0 Å². The summed E-state index contributed by atoms with van der Waals surface area (Å²) in [6.07, 6.45) is 5.59. The Balaban J connectivity index is 1.73. The Hall–Kier alpha value is -2.29. The van der Waals surface area contributed by atoms with Gasteiger partial charge in [-0.1, -0.05) is 54.2 Å². The van der Waals surface area contributed by atoms with Crippen LogP contribution in [0.25, 0.3) is 0 Å². The highest BCUT2D eigenvalue weighted by Crippen LogP contribution is 2.27. The highest BCUT2D eigenvalue weighted by molar-refractivity contribution is 7.92. The molecule has 10 heteroatoms. The van der Waals surface area contributed by atoms with E-state index in [1.165, 1.54) is 4.31 Å². The second kappa shape index (κ2) is 13.0. The lowest BCUT2D eigenvalue weighted by Gasteiger charge is -2.30. The first kappa shape index (κ1) is 29.3. The number of amides is 2. The van der Waals surface area contributed by atoms with E-state index in [0.29, 0.717) is 15.7 Å². The molecule has 0 aromatic heterocycles. The van der Waals surface area contributed by atoms with Gasteiger partial charge in [-0.3, -0.25) is 13.9 Å². The number of aryl methyl sites for hydroxylation is 1. The second-order valence-corrected chi connectivity index (χ2v) is 12.5. The first-order chi connectivity index (χ1) is 17.5. The zero-order valence-electron chi connectivity index (χ0n) is 21.5. The molecule has 1 aliphatic rings. The van der Waals surface area contributed by atoms with Gasteiger partial charge in [0, 0.05) is 35.6 Å². The van der Waals surface area contributed by atoms with Crippen molar-refractivity contribution in [3.8, 4) is 0 Å². The number of sulfonamides is 1. The minimum absolute atomic E-state index is 0.0836. The predicted octanol–water partition coefficient (Wildman–Crippen LogP) is 5.32. The van der Waals surface area contributed by atoms with Crippen LogP contribution in [0.3, 0.4) is 0 Å². The molecule has 1 atom stereocenters. The Bertz CT molecular complexity index is 1200. The molecule has 202 valence electrons. The molecule has 2 aromatic carbocycles. The lowest BCUT2D eigenvalue weighted by atomic mass is 10.1. The summed E-state index contributed by atoms with van der Waals surface area (Å²) < 4.78 is 26.4. The Kier molecular flexibility index (Phi) is 10.3. The fraction of sp³-hybridized carbons (Fsp3) is 0.481. The summed E-state index contributed by atoms with van der Waals surface area (Å²) in [6, 6.07) is 11.7. The van der Waals surface area contributed by atoms with Crippen molar-refractivity contribution < 1.29 is 18.0 Å². The van der Waals surface area contributed by atoms with Crippen molar-refractivity contribution >= 4 is 50.7 Å². The molecule has 1 N–H and O–H groups in total. The van der Waals surface area contributed by atoms with E-state index in [4.69, 9.17) is 23.2 Å². The first-order valence-corrected chi connectivity index (χ1v) is 15.1. The van der Waals surface area contributed by atoms with E-state index in [0.717, 1.165) is 43.1 Å². The molecule has 1 fully saturated rings. The molecule has 3 rings (SSSR count).